The minimum absolute atomic E-state index is 0.0736. The van der Waals surface area contributed by atoms with E-state index in [9.17, 15) is 18.7 Å². The van der Waals surface area contributed by atoms with Gasteiger partial charge in [-0.1, -0.05) is 0 Å². The Bertz CT molecular complexity index is 1380. The van der Waals surface area contributed by atoms with Crippen molar-refractivity contribution >= 4 is 28.3 Å². The van der Waals surface area contributed by atoms with Crippen molar-refractivity contribution in [3.8, 4) is 28.9 Å². The van der Waals surface area contributed by atoms with Gasteiger partial charge in [0.1, 0.15) is 29.5 Å². The van der Waals surface area contributed by atoms with Crippen molar-refractivity contribution < 1.29 is 32.9 Å². The monoisotopic (exact) mass is 468 g/mol. The molecule has 3 aromatic carbocycles. The van der Waals surface area contributed by atoms with Crippen molar-refractivity contribution in [2.24, 2.45) is 0 Å². The van der Waals surface area contributed by atoms with Gasteiger partial charge < -0.3 is 30.0 Å². The molecular formula is C23H18F2N4O5. The highest BCUT2D eigenvalue weighted by atomic mass is 19.1. The first-order valence-corrected chi connectivity index (χ1v) is 9.78. The van der Waals surface area contributed by atoms with E-state index >= 15 is 0 Å². The van der Waals surface area contributed by atoms with E-state index in [1.807, 2.05) is 0 Å². The molecule has 0 bridgehead atoms. The Morgan fingerprint density at radius 1 is 0.912 bits per heavy atom. The number of aromatic hydroxyl groups is 1. The number of anilines is 2. The second kappa shape index (κ2) is 9.45. The summed E-state index contributed by atoms with van der Waals surface area (Å²) in [6.07, 6.45) is 1.29. The van der Waals surface area contributed by atoms with Gasteiger partial charge in [0.15, 0.2) is 11.5 Å². The van der Waals surface area contributed by atoms with E-state index < -0.39 is 17.7 Å². The summed E-state index contributed by atoms with van der Waals surface area (Å²) < 4.78 is 43.2. The summed E-state index contributed by atoms with van der Waals surface area (Å²) in [5.74, 6) is -0.723. The Hall–Kier alpha value is -4.67. The van der Waals surface area contributed by atoms with Gasteiger partial charge in [-0.2, -0.15) is 0 Å². The van der Waals surface area contributed by atoms with Crippen LogP contribution in [0.1, 0.15) is 0 Å². The van der Waals surface area contributed by atoms with Crippen LogP contribution in [0.4, 0.5) is 25.0 Å². The number of benzene rings is 3. The molecule has 0 atom stereocenters. The van der Waals surface area contributed by atoms with E-state index in [2.05, 4.69) is 20.6 Å². The molecule has 0 aliphatic carbocycles. The Balaban J connectivity index is 1.55. The molecule has 0 saturated heterocycles. The van der Waals surface area contributed by atoms with Crippen molar-refractivity contribution in [2.45, 2.75) is 0 Å². The molecule has 4 aromatic rings. The average Bonchev–Trinajstić information content (AvgIpc) is 2.81. The molecule has 0 aliphatic heterocycles. The SMILES string of the molecule is COc1cc2c(Oc3ccc(NC(=O)Nc4ccc(F)cc4F)c(OC)c3)ncnc2cc1O. The number of phenols is 1. The number of carbonyl (C=O) groups is 1. The first-order chi connectivity index (χ1) is 16.4. The smallest absolute Gasteiger partial charge is 0.323 e. The maximum atomic E-state index is 13.8. The molecule has 0 spiro atoms. The number of hydrogen-bond donors (Lipinski definition) is 3. The molecule has 0 unspecified atom stereocenters. The first-order valence-electron chi connectivity index (χ1n) is 9.78. The number of nitrogens with zero attached hydrogens (tertiary/aromatic N) is 2. The molecule has 0 aliphatic rings. The number of rotatable bonds is 6. The molecule has 174 valence electrons. The van der Waals surface area contributed by atoms with Gasteiger partial charge in [-0.25, -0.2) is 23.5 Å². The van der Waals surface area contributed by atoms with Gasteiger partial charge in [-0.3, -0.25) is 0 Å². The van der Waals surface area contributed by atoms with Gasteiger partial charge in [0, 0.05) is 18.2 Å². The maximum absolute atomic E-state index is 13.8. The van der Waals surface area contributed by atoms with Crippen molar-refractivity contribution in [3.05, 3.63) is 66.5 Å². The van der Waals surface area contributed by atoms with Crippen molar-refractivity contribution in [3.63, 3.8) is 0 Å². The lowest BCUT2D eigenvalue weighted by Crippen LogP contribution is -2.20. The Labute approximate surface area is 191 Å². The maximum Gasteiger partial charge on any atom is 0.323 e. The van der Waals surface area contributed by atoms with Gasteiger partial charge in [0.25, 0.3) is 0 Å². The fourth-order valence-electron chi connectivity index (χ4n) is 3.11. The Morgan fingerprint density at radius 3 is 2.38 bits per heavy atom. The van der Waals surface area contributed by atoms with Crippen molar-refractivity contribution in [1.29, 1.82) is 0 Å². The number of carbonyl (C=O) groups excluding carboxylic acids is 1. The molecule has 2 amide bonds. The van der Waals surface area contributed by atoms with E-state index in [0.29, 0.717) is 22.7 Å². The summed E-state index contributed by atoms with van der Waals surface area (Å²) in [6, 6.07) is 9.61. The van der Waals surface area contributed by atoms with Crippen LogP contribution in [0.15, 0.2) is 54.9 Å². The number of hydrogen-bond acceptors (Lipinski definition) is 7. The summed E-state index contributed by atoms with van der Waals surface area (Å²) in [5.41, 5.74) is 0.530. The number of urea groups is 1. The fraction of sp³-hybridized carbons (Fsp3) is 0.0870. The number of ether oxygens (including phenoxy) is 3. The molecule has 11 heteroatoms. The topological polar surface area (TPSA) is 115 Å². The summed E-state index contributed by atoms with van der Waals surface area (Å²) in [4.78, 5) is 20.5. The molecule has 1 heterocycles. The lowest BCUT2D eigenvalue weighted by Gasteiger charge is -2.14. The van der Waals surface area contributed by atoms with Crippen LogP contribution in [-0.2, 0) is 0 Å². The number of amides is 2. The Kier molecular flexibility index (Phi) is 6.26. The third-order valence-electron chi connectivity index (χ3n) is 4.71. The zero-order chi connectivity index (χ0) is 24.2. The van der Waals surface area contributed by atoms with E-state index in [-0.39, 0.29) is 34.5 Å². The molecule has 0 fully saturated rings. The van der Waals surface area contributed by atoms with Crippen LogP contribution in [-0.4, -0.2) is 35.3 Å². The van der Waals surface area contributed by atoms with E-state index in [4.69, 9.17) is 14.2 Å². The van der Waals surface area contributed by atoms with Gasteiger partial charge in [0.2, 0.25) is 5.88 Å². The molecule has 0 radical (unpaired) electrons. The van der Waals surface area contributed by atoms with Gasteiger partial charge in [-0.15, -0.1) is 0 Å². The molecular weight excluding hydrogens is 450 g/mol. The van der Waals surface area contributed by atoms with E-state index in [1.165, 1.54) is 38.7 Å². The standard InChI is InChI=1S/C23H18F2N4O5/c1-32-20-8-13(34-22-14-9-21(33-2)19(30)10-18(14)26-11-27-22)4-6-17(20)29-23(31)28-16-5-3-12(24)7-15(16)25/h3-11,30H,1-2H3,(H2,28,29,31). The summed E-state index contributed by atoms with van der Waals surface area (Å²) in [5, 5.41) is 15.3. The first kappa shape index (κ1) is 22.5. The second-order valence-corrected chi connectivity index (χ2v) is 6.89. The minimum atomic E-state index is -0.909. The number of aromatic nitrogens is 2. The van der Waals surface area contributed by atoms with Crippen LogP contribution in [0.5, 0.6) is 28.9 Å². The molecule has 0 saturated carbocycles. The predicted octanol–water partition coefficient (Wildman–Crippen LogP) is 5.07. The lowest BCUT2D eigenvalue weighted by molar-refractivity contribution is 0.262. The fourth-order valence-corrected chi connectivity index (χ4v) is 3.11. The highest BCUT2D eigenvalue weighted by Gasteiger charge is 2.15. The third-order valence-corrected chi connectivity index (χ3v) is 4.71. The molecule has 1 aromatic heterocycles. The second-order valence-electron chi connectivity index (χ2n) is 6.89. The van der Waals surface area contributed by atoms with E-state index in [0.717, 1.165) is 12.1 Å². The number of nitrogens with one attached hydrogen (secondary N) is 2. The highest BCUT2D eigenvalue weighted by molar-refractivity contribution is 6.00. The molecule has 9 nitrogen and oxygen atoms in total. The number of halogens is 2. The molecule has 4 rings (SSSR count). The van der Waals surface area contributed by atoms with Crippen LogP contribution >= 0.6 is 0 Å². The zero-order valence-electron chi connectivity index (χ0n) is 17.9. The van der Waals surface area contributed by atoms with E-state index in [1.54, 1.807) is 12.1 Å². The summed E-state index contributed by atoms with van der Waals surface area (Å²) in [7, 11) is 2.82. The predicted molar refractivity (Wildman–Crippen MR) is 120 cm³/mol. The number of phenolic OH excluding ortho intramolecular Hbond substituents is 1. The summed E-state index contributed by atoms with van der Waals surface area (Å²) in [6.45, 7) is 0. The lowest BCUT2D eigenvalue weighted by atomic mass is 10.2. The van der Waals surface area contributed by atoms with Crippen LogP contribution in [0.3, 0.4) is 0 Å². The highest BCUT2D eigenvalue weighted by Crippen LogP contribution is 2.37. The zero-order valence-corrected chi connectivity index (χ0v) is 17.9. The van der Waals surface area contributed by atoms with Crippen molar-refractivity contribution in [2.75, 3.05) is 24.9 Å². The molecule has 3 N–H and O–H groups in total. The van der Waals surface area contributed by atoms with Gasteiger partial charge in [0.05, 0.1) is 36.5 Å². The largest absolute Gasteiger partial charge is 0.504 e. The number of fused-ring (bicyclic) bond motifs is 1. The average molecular weight is 468 g/mol. The van der Waals surface area contributed by atoms with Gasteiger partial charge >= 0.3 is 6.03 Å². The van der Waals surface area contributed by atoms with Crippen LogP contribution in [0.2, 0.25) is 0 Å². The van der Waals surface area contributed by atoms with Crippen LogP contribution < -0.4 is 24.8 Å². The van der Waals surface area contributed by atoms with Crippen LogP contribution in [0, 0.1) is 11.6 Å². The van der Waals surface area contributed by atoms with Crippen molar-refractivity contribution in [1.82, 2.24) is 9.97 Å². The number of methoxy groups -OCH3 is 2. The quantitative estimate of drug-likeness (QED) is 0.362. The molecule has 34 heavy (non-hydrogen) atoms. The minimum Gasteiger partial charge on any atom is -0.504 e. The summed E-state index contributed by atoms with van der Waals surface area (Å²) >= 11 is 0. The van der Waals surface area contributed by atoms with Crippen LogP contribution in [0.25, 0.3) is 10.9 Å². The van der Waals surface area contributed by atoms with Gasteiger partial charge in [-0.05, 0) is 30.3 Å². The normalized spacial score (nSPS) is 10.6. The Morgan fingerprint density at radius 2 is 1.65 bits per heavy atom. The third kappa shape index (κ3) is 4.72.